The molecule has 1 aliphatic carbocycles. The third-order valence-corrected chi connectivity index (χ3v) is 6.01. The van der Waals surface area contributed by atoms with Crippen LogP contribution in [-0.2, 0) is 0 Å². The maximum Gasteiger partial charge on any atom is 0.253 e. The highest BCUT2D eigenvalue weighted by Gasteiger charge is 2.41. The Morgan fingerprint density at radius 1 is 1.12 bits per heavy atom. The van der Waals surface area contributed by atoms with Crippen molar-refractivity contribution in [3.05, 3.63) is 29.8 Å². The number of ether oxygens (including phenoxy) is 1. The number of amides is 1. The van der Waals surface area contributed by atoms with E-state index in [0.717, 1.165) is 56.8 Å². The van der Waals surface area contributed by atoms with Gasteiger partial charge >= 0.3 is 0 Å². The van der Waals surface area contributed by atoms with Crippen LogP contribution in [-0.4, -0.2) is 43.1 Å². The first kappa shape index (κ1) is 15.9. The van der Waals surface area contributed by atoms with Gasteiger partial charge in [0, 0.05) is 30.6 Å². The number of likely N-dealkylation sites (tertiary alicyclic amines) is 1. The highest BCUT2D eigenvalue weighted by atomic mass is 16.5. The van der Waals surface area contributed by atoms with Gasteiger partial charge in [0.05, 0.1) is 6.10 Å². The van der Waals surface area contributed by atoms with Crippen molar-refractivity contribution >= 4 is 5.91 Å². The molecule has 2 saturated heterocycles. The number of carbonyl (C=O) groups excluding carboxylic acids is 1. The number of carbonyl (C=O) groups is 1. The van der Waals surface area contributed by atoms with Gasteiger partial charge < -0.3 is 15.0 Å². The van der Waals surface area contributed by atoms with E-state index >= 15 is 0 Å². The van der Waals surface area contributed by atoms with E-state index in [2.05, 4.69) is 5.32 Å². The SMILES string of the molecule is O=C(c1ccc(OC2CCCCC2)cc1)N1CCC2(CCNC2)C1. The fraction of sp³-hybridized carbons (Fsp3) is 0.650. The van der Waals surface area contributed by atoms with Crippen molar-refractivity contribution in [3.63, 3.8) is 0 Å². The van der Waals surface area contributed by atoms with Gasteiger partial charge in [-0.2, -0.15) is 0 Å². The molecule has 1 aromatic rings. The van der Waals surface area contributed by atoms with E-state index in [4.69, 9.17) is 4.74 Å². The van der Waals surface area contributed by atoms with E-state index in [1.54, 1.807) is 0 Å². The second-order valence-electron chi connectivity index (χ2n) is 7.81. The van der Waals surface area contributed by atoms with Crippen molar-refractivity contribution in [2.75, 3.05) is 26.2 Å². The number of rotatable bonds is 3. The topological polar surface area (TPSA) is 41.6 Å². The molecule has 24 heavy (non-hydrogen) atoms. The van der Waals surface area contributed by atoms with Gasteiger partial charge in [-0.25, -0.2) is 0 Å². The number of hydrogen-bond acceptors (Lipinski definition) is 3. The monoisotopic (exact) mass is 328 g/mol. The summed E-state index contributed by atoms with van der Waals surface area (Å²) in [6, 6.07) is 7.78. The van der Waals surface area contributed by atoms with Crippen LogP contribution in [0.4, 0.5) is 0 Å². The molecular formula is C20H28N2O2. The molecule has 4 rings (SSSR count). The molecule has 1 atom stereocenters. The Morgan fingerprint density at radius 3 is 2.62 bits per heavy atom. The van der Waals surface area contributed by atoms with Crippen LogP contribution in [0.5, 0.6) is 5.75 Å². The summed E-state index contributed by atoms with van der Waals surface area (Å²) in [4.78, 5) is 14.8. The Morgan fingerprint density at radius 2 is 1.92 bits per heavy atom. The van der Waals surface area contributed by atoms with Gasteiger partial charge in [-0.1, -0.05) is 6.42 Å². The average molecular weight is 328 g/mol. The predicted octanol–water partition coefficient (Wildman–Crippen LogP) is 3.22. The smallest absolute Gasteiger partial charge is 0.253 e. The number of benzene rings is 1. The molecule has 1 amide bonds. The fourth-order valence-corrected chi connectivity index (χ4v) is 4.49. The van der Waals surface area contributed by atoms with Crippen LogP contribution in [0, 0.1) is 5.41 Å². The third kappa shape index (κ3) is 3.30. The molecule has 1 unspecified atom stereocenters. The van der Waals surface area contributed by atoms with Crippen LogP contribution in [0.3, 0.4) is 0 Å². The van der Waals surface area contributed by atoms with Crippen LogP contribution < -0.4 is 10.1 Å². The first-order valence-corrected chi connectivity index (χ1v) is 9.51. The number of hydrogen-bond donors (Lipinski definition) is 1. The third-order valence-electron chi connectivity index (χ3n) is 6.01. The maximum absolute atomic E-state index is 12.8. The molecule has 1 aromatic carbocycles. The highest BCUT2D eigenvalue weighted by molar-refractivity contribution is 5.94. The fourth-order valence-electron chi connectivity index (χ4n) is 4.49. The molecule has 130 valence electrons. The molecule has 1 N–H and O–H groups in total. The molecule has 1 saturated carbocycles. The molecule has 3 aliphatic rings. The lowest BCUT2D eigenvalue weighted by atomic mass is 9.86. The molecule has 2 aliphatic heterocycles. The molecule has 0 bridgehead atoms. The second-order valence-corrected chi connectivity index (χ2v) is 7.81. The molecule has 1 spiro atoms. The van der Waals surface area contributed by atoms with E-state index in [0.29, 0.717) is 11.5 Å². The Balaban J connectivity index is 1.36. The summed E-state index contributed by atoms with van der Waals surface area (Å²) in [6.07, 6.45) is 8.88. The minimum atomic E-state index is 0.169. The van der Waals surface area contributed by atoms with Crippen LogP contribution in [0.2, 0.25) is 0 Å². The predicted molar refractivity (Wildman–Crippen MR) is 94.4 cm³/mol. The van der Waals surface area contributed by atoms with Crippen molar-refractivity contribution in [1.29, 1.82) is 0 Å². The molecule has 0 radical (unpaired) electrons. The zero-order valence-electron chi connectivity index (χ0n) is 14.4. The quantitative estimate of drug-likeness (QED) is 0.926. The van der Waals surface area contributed by atoms with Gasteiger partial charge in [0.25, 0.3) is 5.91 Å². The van der Waals surface area contributed by atoms with E-state index in [9.17, 15) is 4.79 Å². The molecule has 4 nitrogen and oxygen atoms in total. The van der Waals surface area contributed by atoms with E-state index in [1.807, 2.05) is 29.2 Å². The molecule has 2 heterocycles. The van der Waals surface area contributed by atoms with Crippen LogP contribution in [0.25, 0.3) is 0 Å². The lowest BCUT2D eigenvalue weighted by Crippen LogP contribution is -2.33. The van der Waals surface area contributed by atoms with Gasteiger partial charge in [-0.15, -0.1) is 0 Å². The molecule has 4 heteroatoms. The second kappa shape index (κ2) is 6.75. The van der Waals surface area contributed by atoms with Gasteiger partial charge in [0.1, 0.15) is 5.75 Å². The summed E-state index contributed by atoms with van der Waals surface area (Å²) in [5, 5.41) is 3.45. The van der Waals surface area contributed by atoms with Gasteiger partial charge in [0.2, 0.25) is 0 Å². The Labute approximate surface area is 144 Å². The minimum Gasteiger partial charge on any atom is -0.490 e. The number of nitrogens with one attached hydrogen (secondary N) is 1. The Bertz CT molecular complexity index is 572. The maximum atomic E-state index is 12.8. The standard InChI is InChI=1S/C20H28N2O2/c23-19(22-13-11-20(15-22)10-12-21-14-20)16-6-8-18(9-7-16)24-17-4-2-1-3-5-17/h6-9,17,21H,1-5,10-15H2. The summed E-state index contributed by atoms with van der Waals surface area (Å²) in [6.45, 7) is 3.94. The Hall–Kier alpha value is -1.55. The zero-order valence-corrected chi connectivity index (χ0v) is 14.4. The van der Waals surface area contributed by atoms with Gasteiger partial charge in [-0.3, -0.25) is 4.79 Å². The van der Waals surface area contributed by atoms with Crippen molar-refractivity contribution < 1.29 is 9.53 Å². The van der Waals surface area contributed by atoms with Gasteiger partial charge in [-0.05, 0) is 69.3 Å². The van der Waals surface area contributed by atoms with Crippen molar-refractivity contribution in [2.45, 2.75) is 51.0 Å². The van der Waals surface area contributed by atoms with E-state index in [1.165, 1.54) is 25.7 Å². The van der Waals surface area contributed by atoms with Crippen LogP contribution >= 0.6 is 0 Å². The largest absolute Gasteiger partial charge is 0.490 e. The first-order valence-electron chi connectivity index (χ1n) is 9.51. The lowest BCUT2D eigenvalue weighted by molar-refractivity contribution is 0.0775. The summed E-state index contributed by atoms with van der Waals surface area (Å²) in [5.74, 6) is 1.07. The zero-order chi connectivity index (χ0) is 16.4. The first-order chi connectivity index (χ1) is 11.7. The minimum absolute atomic E-state index is 0.169. The summed E-state index contributed by atoms with van der Waals surface area (Å²) < 4.78 is 6.06. The number of nitrogens with zero attached hydrogens (tertiary/aromatic N) is 1. The summed E-state index contributed by atoms with van der Waals surface area (Å²) in [5.41, 5.74) is 1.12. The van der Waals surface area contributed by atoms with Crippen LogP contribution in [0.1, 0.15) is 55.3 Å². The van der Waals surface area contributed by atoms with Crippen molar-refractivity contribution in [2.24, 2.45) is 5.41 Å². The molecular weight excluding hydrogens is 300 g/mol. The van der Waals surface area contributed by atoms with Crippen molar-refractivity contribution in [3.8, 4) is 5.75 Å². The molecule has 0 aromatic heterocycles. The summed E-state index contributed by atoms with van der Waals surface area (Å²) >= 11 is 0. The molecule has 3 fully saturated rings. The lowest BCUT2D eigenvalue weighted by Gasteiger charge is -2.24. The Kier molecular flexibility index (Phi) is 4.49. The highest BCUT2D eigenvalue weighted by Crippen LogP contribution is 2.36. The van der Waals surface area contributed by atoms with Crippen LogP contribution in [0.15, 0.2) is 24.3 Å². The average Bonchev–Trinajstić information content (AvgIpc) is 3.26. The van der Waals surface area contributed by atoms with Gasteiger partial charge in [0.15, 0.2) is 0 Å². The van der Waals surface area contributed by atoms with E-state index < -0.39 is 0 Å². The summed E-state index contributed by atoms with van der Waals surface area (Å²) in [7, 11) is 0. The van der Waals surface area contributed by atoms with E-state index in [-0.39, 0.29) is 5.91 Å². The normalized spacial score (nSPS) is 27.8. The van der Waals surface area contributed by atoms with Crippen molar-refractivity contribution in [1.82, 2.24) is 10.2 Å².